The van der Waals surface area contributed by atoms with E-state index in [9.17, 15) is 10.0 Å². The molecule has 2 aliphatic carbocycles. The van der Waals surface area contributed by atoms with Crippen molar-refractivity contribution in [3.8, 4) is 33.5 Å². The van der Waals surface area contributed by atoms with E-state index < -0.39 is 7.12 Å². The minimum absolute atomic E-state index is 0.0266. The average Bonchev–Trinajstić information content (AvgIpc) is 3.57. The van der Waals surface area contributed by atoms with Gasteiger partial charge in [-0.05, 0) is 86.4 Å². The lowest BCUT2D eigenvalue weighted by atomic mass is 9.75. The second-order valence-electron chi connectivity index (χ2n) is 15.0. The van der Waals surface area contributed by atoms with Crippen molar-refractivity contribution in [2.45, 2.75) is 38.5 Å². The van der Waals surface area contributed by atoms with Crippen molar-refractivity contribution in [1.82, 2.24) is 9.97 Å². The molecule has 10 rings (SSSR count). The Morgan fingerprint density at radius 3 is 1.56 bits per heavy atom. The lowest BCUT2D eigenvalue weighted by Crippen LogP contribution is -2.31. The number of benzene rings is 6. The van der Waals surface area contributed by atoms with Crippen LogP contribution in [0.15, 0.2) is 158 Å². The molecular weight excluding hydrogens is 683 g/mol. The minimum atomic E-state index is -1.41. The molecule has 8 aromatic rings. The summed E-state index contributed by atoms with van der Waals surface area (Å²) in [5, 5.41) is 21.4. The first-order chi connectivity index (χ1) is 26.0. The van der Waals surface area contributed by atoms with E-state index in [0.29, 0.717) is 10.6 Å². The van der Waals surface area contributed by atoms with Gasteiger partial charge in [0.25, 0.3) is 0 Å². The lowest BCUT2D eigenvalue weighted by molar-refractivity contribution is 0.425. The topological polar surface area (TPSA) is 66.2 Å². The van der Waals surface area contributed by atoms with Crippen molar-refractivity contribution in [1.29, 1.82) is 0 Å². The van der Waals surface area contributed by atoms with Crippen molar-refractivity contribution in [3.05, 3.63) is 185 Å². The van der Waals surface area contributed by atoms with Crippen LogP contribution in [0.2, 0.25) is 5.15 Å². The SMILES string of the molecule is CC1(C)c2ccccc2-c2ccc(-c3ccc4ccccc4n3)cc21.CC1(C)c2ccccc2-c2ccc(B(O)O)cc21.Clc1ccc2ccccc2n1. The molecule has 0 saturated heterocycles. The summed E-state index contributed by atoms with van der Waals surface area (Å²) in [6.45, 7) is 8.97. The normalized spacial score (nSPS) is 13.8. The zero-order valence-electron chi connectivity index (χ0n) is 30.8. The van der Waals surface area contributed by atoms with E-state index in [-0.39, 0.29) is 10.8 Å². The second-order valence-corrected chi connectivity index (χ2v) is 15.4. The van der Waals surface area contributed by atoms with Gasteiger partial charge in [0, 0.05) is 27.2 Å². The molecule has 6 heteroatoms. The van der Waals surface area contributed by atoms with Crippen LogP contribution in [0.5, 0.6) is 0 Å². The Balaban J connectivity index is 0.000000124. The molecule has 0 saturated carbocycles. The van der Waals surface area contributed by atoms with E-state index in [0.717, 1.165) is 27.7 Å². The molecule has 264 valence electrons. The molecule has 0 radical (unpaired) electrons. The maximum absolute atomic E-state index is 9.30. The van der Waals surface area contributed by atoms with Gasteiger partial charge >= 0.3 is 7.12 Å². The van der Waals surface area contributed by atoms with Crippen LogP contribution in [-0.2, 0) is 10.8 Å². The van der Waals surface area contributed by atoms with Crippen LogP contribution < -0.4 is 5.46 Å². The fourth-order valence-electron chi connectivity index (χ4n) is 8.01. The van der Waals surface area contributed by atoms with E-state index in [2.05, 4.69) is 118 Å². The maximum atomic E-state index is 9.30. The molecule has 0 spiro atoms. The fraction of sp³-hybridized carbons (Fsp3) is 0.125. The number of fused-ring (bicyclic) bond motifs is 8. The number of para-hydroxylation sites is 2. The van der Waals surface area contributed by atoms with E-state index in [4.69, 9.17) is 16.6 Å². The summed E-state index contributed by atoms with van der Waals surface area (Å²) in [5.41, 5.74) is 15.1. The predicted octanol–water partition coefficient (Wildman–Crippen LogP) is 10.8. The summed E-state index contributed by atoms with van der Waals surface area (Å²) < 4.78 is 0. The second kappa shape index (κ2) is 14.0. The van der Waals surface area contributed by atoms with Crippen LogP contribution in [-0.4, -0.2) is 27.1 Å². The highest BCUT2D eigenvalue weighted by Crippen LogP contribution is 2.50. The molecule has 0 fully saturated rings. The third-order valence-corrected chi connectivity index (χ3v) is 11.2. The Bertz CT molecular complexity index is 2690. The molecule has 6 aromatic carbocycles. The molecule has 2 aromatic heterocycles. The van der Waals surface area contributed by atoms with Gasteiger partial charge in [0.05, 0.1) is 16.7 Å². The lowest BCUT2D eigenvalue weighted by Gasteiger charge is -2.21. The molecule has 0 bridgehead atoms. The molecule has 54 heavy (non-hydrogen) atoms. The third kappa shape index (κ3) is 6.39. The van der Waals surface area contributed by atoms with Gasteiger partial charge in [0.2, 0.25) is 0 Å². The van der Waals surface area contributed by atoms with Crippen LogP contribution in [0.4, 0.5) is 0 Å². The van der Waals surface area contributed by atoms with Gasteiger partial charge < -0.3 is 10.0 Å². The molecule has 0 unspecified atom stereocenters. The summed E-state index contributed by atoms with van der Waals surface area (Å²) in [7, 11) is -1.41. The van der Waals surface area contributed by atoms with Gasteiger partial charge in [-0.2, -0.15) is 0 Å². The summed E-state index contributed by atoms with van der Waals surface area (Å²) in [5.74, 6) is 0. The van der Waals surface area contributed by atoms with Gasteiger partial charge in [0.15, 0.2) is 0 Å². The van der Waals surface area contributed by atoms with Crippen molar-refractivity contribution >= 4 is 46.0 Å². The van der Waals surface area contributed by atoms with Gasteiger partial charge in [-0.15, -0.1) is 0 Å². The molecule has 2 N–H and O–H groups in total. The molecular formula is C48H40BClN2O2. The van der Waals surface area contributed by atoms with Crippen LogP contribution in [0.3, 0.4) is 0 Å². The van der Waals surface area contributed by atoms with Gasteiger partial charge in [-0.25, -0.2) is 9.97 Å². The largest absolute Gasteiger partial charge is 0.488 e. The molecule has 4 nitrogen and oxygen atoms in total. The van der Waals surface area contributed by atoms with Crippen molar-refractivity contribution in [2.24, 2.45) is 0 Å². The van der Waals surface area contributed by atoms with E-state index >= 15 is 0 Å². The summed E-state index contributed by atoms with van der Waals surface area (Å²) in [4.78, 5) is 9.01. The molecule has 0 amide bonds. The third-order valence-electron chi connectivity index (χ3n) is 10.9. The number of nitrogens with zero attached hydrogens (tertiary/aromatic N) is 2. The summed E-state index contributed by atoms with van der Waals surface area (Å²) in [6.07, 6.45) is 0. The number of hydrogen-bond donors (Lipinski definition) is 2. The standard InChI is InChI=1S/C24H19N.C15H15BO2.C9H6ClN/c1-24(2)20-9-5-4-8-18(20)19-13-11-17(15-21(19)24)23-14-12-16-7-3-6-10-22(16)25-23;1-15(2)13-6-4-3-5-11(13)12-8-7-10(16(17)18)9-14(12)15;10-9-6-5-7-3-1-2-4-8(7)11-9/h3-15H,1-2H3;3-9,17-18H,1-2H3;1-6H. The smallest absolute Gasteiger partial charge is 0.423 e. The quantitative estimate of drug-likeness (QED) is 0.138. The Hall–Kier alpha value is -5.59. The number of aromatic nitrogens is 2. The zero-order chi connectivity index (χ0) is 37.6. The maximum Gasteiger partial charge on any atom is 0.488 e. The number of halogens is 1. The first-order valence-corrected chi connectivity index (χ1v) is 18.6. The molecule has 0 aliphatic heterocycles. The highest BCUT2D eigenvalue weighted by molar-refractivity contribution is 6.58. The first-order valence-electron chi connectivity index (χ1n) is 18.2. The van der Waals surface area contributed by atoms with Crippen molar-refractivity contribution in [2.75, 3.05) is 0 Å². The van der Waals surface area contributed by atoms with Gasteiger partial charge in [-0.1, -0.05) is 161 Å². The minimum Gasteiger partial charge on any atom is -0.423 e. The van der Waals surface area contributed by atoms with Crippen LogP contribution in [0, 0.1) is 0 Å². The fourth-order valence-corrected chi connectivity index (χ4v) is 8.17. The van der Waals surface area contributed by atoms with Gasteiger partial charge in [-0.3, -0.25) is 0 Å². The van der Waals surface area contributed by atoms with Crippen LogP contribution in [0.1, 0.15) is 49.9 Å². The number of pyridine rings is 2. The summed E-state index contributed by atoms with van der Waals surface area (Å²) >= 11 is 5.71. The Labute approximate surface area is 321 Å². The zero-order valence-corrected chi connectivity index (χ0v) is 31.5. The Morgan fingerprint density at radius 2 is 0.944 bits per heavy atom. The predicted molar refractivity (Wildman–Crippen MR) is 225 cm³/mol. The Kier molecular flexibility index (Phi) is 9.19. The van der Waals surface area contributed by atoms with Crippen molar-refractivity contribution < 1.29 is 10.0 Å². The molecule has 2 aliphatic rings. The van der Waals surface area contributed by atoms with Crippen LogP contribution >= 0.6 is 11.6 Å². The highest BCUT2D eigenvalue weighted by Gasteiger charge is 2.36. The number of hydrogen-bond acceptors (Lipinski definition) is 4. The average molecular weight is 723 g/mol. The van der Waals surface area contributed by atoms with Crippen molar-refractivity contribution in [3.63, 3.8) is 0 Å². The first kappa shape index (κ1) is 35.4. The molecule has 0 atom stereocenters. The van der Waals surface area contributed by atoms with Gasteiger partial charge in [0.1, 0.15) is 5.15 Å². The Morgan fingerprint density at radius 1 is 0.463 bits per heavy atom. The summed E-state index contributed by atoms with van der Waals surface area (Å²) in [6, 6.07) is 53.8. The van der Waals surface area contributed by atoms with E-state index in [1.54, 1.807) is 12.1 Å². The highest BCUT2D eigenvalue weighted by atomic mass is 35.5. The number of rotatable bonds is 2. The van der Waals surface area contributed by atoms with E-state index in [1.165, 1.54) is 49.9 Å². The molecule has 2 heterocycles. The van der Waals surface area contributed by atoms with E-state index in [1.807, 2.05) is 60.7 Å². The monoisotopic (exact) mass is 722 g/mol. The van der Waals surface area contributed by atoms with Crippen LogP contribution in [0.25, 0.3) is 55.3 Å².